The molecule has 0 aromatic carbocycles. The molecule has 0 saturated heterocycles. The molecule has 1 aliphatic rings. The van der Waals surface area contributed by atoms with Crippen molar-refractivity contribution in [3.8, 4) is 0 Å². The maximum Gasteiger partial charge on any atom is 0.328 e. The van der Waals surface area contributed by atoms with Crippen LogP contribution in [0.2, 0.25) is 0 Å². The third-order valence-corrected chi connectivity index (χ3v) is 2.23. The Labute approximate surface area is 99.4 Å². The molecule has 0 aromatic rings. The SMILES string of the molecule is CC1C=CC=CC1(C)O.O=C(O)/C=C/C(=O)O. The molecule has 2 unspecified atom stereocenters. The van der Waals surface area contributed by atoms with Gasteiger partial charge in [-0.3, -0.25) is 0 Å². The van der Waals surface area contributed by atoms with Gasteiger partial charge in [0.1, 0.15) is 0 Å². The van der Waals surface area contributed by atoms with Crippen molar-refractivity contribution in [2.24, 2.45) is 5.92 Å². The second kappa shape index (κ2) is 6.65. The van der Waals surface area contributed by atoms with E-state index >= 15 is 0 Å². The first-order valence-electron chi connectivity index (χ1n) is 4.98. The van der Waals surface area contributed by atoms with Gasteiger partial charge in [0.05, 0.1) is 5.60 Å². The molecule has 5 nitrogen and oxygen atoms in total. The van der Waals surface area contributed by atoms with Crippen molar-refractivity contribution in [2.75, 3.05) is 0 Å². The summed E-state index contributed by atoms with van der Waals surface area (Å²) in [7, 11) is 0. The van der Waals surface area contributed by atoms with Gasteiger partial charge in [0.25, 0.3) is 0 Å². The maximum atomic E-state index is 9.55. The maximum absolute atomic E-state index is 9.55. The van der Waals surface area contributed by atoms with Gasteiger partial charge in [0.2, 0.25) is 0 Å². The summed E-state index contributed by atoms with van der Waals surface area (Å²) in [5.74, 6) is -2.28. The van der Waals surface area contributed by atoms with Gasteiger partial charge in [-0.2, -0.15) is 0 Å². The van der Waals surface area contributed by atoms with E-state index in [-0.39, 0.29) is 5.92 Å². The Morgan fingerprint density at radius 3 is 1.88 bits per heavy atom. The largest absolute Gasteiger partial charge is 0.478 e. The van der Waals surface area contributed by atoms with Gasteiger partial charge < -0.3 is 15.3 Å². The second-order valence-corrected chi connectivity index (χ2v) is 3.77. The van der Waals surface area contributed by atoms with E-state index in [9.17, 15) is 14.7 Å². The Bertz CT molecular complexity index is 347. The summed E-state index contributed by atoms with van der Waals surface area (Å²) in [5, 5.41) is 25.1. The van der Waals surface area contributed by atoms with Crippen LogP contribution in [0.3, 0.4) is 0 Å². The smallest absolute Gasteiger partial charge is 0.328 e. The predicted octanol–water partition coefficient (Wildman–Crippen LogP) is 1.21. The first kappa shape index (κ1) is 15.1. The van der Waals surface area contributed by atoms with E-state index in [1.165, 1.54) is 0 Å². The summed E-state index contributed by atoms with van der Waals surface area (Å²) in [6.45, 7) is 3.82. The van der Waals surface area contributed by atoms with E-state index < -0.39 is 17.5 Å². The van der Waals surface area contributed by atoms with E-state index in [0.29, 0.717) is 12.2 Å². The average Bonchev–Trinajstić information content (AvgIpc) is 2.20. The Kier molecular flexibility index (Phi) is 5.91. The van der Waals surface area contributed by atoms with Crippen molar-refractivity contribution in [1.29, 1.82) is 0 Å². The summed E-state index contributed by atoms with van der Waals surface area (Å²) in [6, 6.07) is 0. The van der Waals surface area contributed by atoms with Gasteiger partial charge in [-0.1, -0.05) is 31.2 Å². The van der Waals surface area contributed by atoms with E-state index in [0.717, 1.165) is 0 Å². The molecule has 2 atom stereocenters. The molecule has 0 spiro atoms. The highest BCUT2D eigenvalue weighted by molar-refractivity contribution is 5.89. The van der Waals surface area contributed by atoms with E-state index in [2.05, 4.69) is 0 Å². The van der Waals surface area contributed by atoms with Gasteiger partial charge in [0.15, 0.2) is 0 Å². The van der Waals surface area contributed by atoms with Crippen LogP contribution in [0.1, 0.15) is 13.8 Å². The van der Waals surface area contributed by atoms with Crippen LogP contribution in [-0.2, 0) is 9.59 Å². The molecule has 0 amide bonds. The fourth-order valence-corrected chi connectivity index (χ4v) is 0.970. The zero-order chi connectivity index (χ0) is 13.5. The molecule has 5 heteroatoms. The Balaban J connectivity index is 0.000000304. The minimum atomic E-state index is -1.26. The third kappa shape index (κ3) is 7.08. The summed E-state index contributed by atoms with van der Waals surface area (Å²) < 4.78 is 0. The first-order valence-corrected chi connectivity index (χ1v) is 4.98. The van der Waals surface area contributed by atoms with Crippen molar-refractivity contribution in [2.45, 2.75) is 19.4 Å². The lowest BCUT2D eigenvalue weighted by molar-refractivity contribution is -0.134. The van der Waals surface area contributed by atoms with Gasteiger partial charge in [0, 0.05) is 18.1 Å². The van der Waals surface area contributed by atoms with E-state index in [1.54, 1.807) is 0 Å². The summed E-state index contributed by atoms with van der Waals surface area (Å²) in [5.41, 5.74) is -0.630. The summed E-state index contributed by atoms with van der Waals surface area (Å²) in [4.78, 5) is 19.1. The molecule has 0 fully saturated rings. The van der Waals surface area contributed by atoms with Gasteiger partial charge in [-0.15, -0.1) is 0 Å². The molecule has 0 radical (unpaired) electrons. The fraction of sp³-hybridized carbons (Fsp3) is 0.333. The standard InChI is InChI=1S/C8H12O.C4H4O4/c1-7-5-3-4-6-8(7,2)9;5-3(6)1-2-4(7)8/h3-7,9H,1-2H3;1-2H,(H,5,6)(H,7,8)/b;2-1+. The summed E-state index contributed by atoms with van der Waals surface area (Å²) in [6.07, 6.45) is 8.77. The molecular formula is C12H16O5. The first-order chi connectivity index (χ1) is 7.75. The van der Waals surface area contributed by atoms with Gasteiger partial charge in [-0.05, 0) is 6.92 Å². The number of carboxylic acid groups (broad SMARTS) is 2. The lowest BCUT2D eigenvalue weighted by atomic mass is 9.87. The minimum Gasteiger partial charge on any atom is -0.478 e. The quantitative estimate of drug-likeness (QED) is 0.631. The lowest BCUT2D eigenvalue weighted by Gasteiger charge is -2.26. The van der Waals surface area contributed by atoms with Crippen LogP contribution >= 0.6 is 0 Å². The van der Waals surface area contributed by atoms with Crippen LogP contribution in [0.15, 0.2) is 36.5 Å². The fourth-order valence-electron chi connectivity index (χ4n) is 0.970. The molecule has 0 heterocycles. The van der Waals surface area contributed by atoms with Crippen LogP contribution in [0.25, 0.3) is 0 Å². The van der Waals surface area contributed by atoms with Gasteiger partial charge >= 0.3 is 11.9 Å². The molecule has 17 heavy (non-hydrogen) atoms. The summed E-state index contributed by atoms with van der Waals surface area (Å²) >= 11 is 0. The molecular weight excluding hydrogens is 224 g/mol. The number of hydrogen-bond acceptors (Lipinski definition) is 3. The van der Waals surface area contributed by atoms with Crippen molar-refractivity contribution < 1.29 is 24.9 Å². The van der Waals surface area contributed by atoms with Crippen LogP contribution in [0, 0.1) is 5.92 Å². The number of hydrogen-bond donors (Lipinski definition) is 3. The van der Waals surface area contributed by atoms with Crippen molar-refractivity contribution >= 4 is 11.9 Å². The molecule has 0 aromatic heterocycles. The van der Waals surface area contributed by atoms with Crippen molar-refractivity contribution in [3.05, 3.63) is 36.5 Å². The minimum absolute atomic E-state index is 0.238. The molecule has 0 saturated carbocycles. The molecule has 1 aliphatic carbocycles. The second-order valence-electron chi connectivity index (χ2n) is 3.77. The zero-order valence-electron chi connectivity index (χ0n) is 9.70. The predicted molar refractivity (Wildman–Crippen MR) is 62.5 cm³/mol. The number of aliphatic carboxylic acids is 2. The highest BCUT2D eigenvalue weighted by Crippen LogP contribution is 2.22. The third-order valence-electron chi connectivity index (χ3n) is 2.23. The molecule has 3 N–H and O–H groups in total. The molecule has 0 aliphatic heterocycles. The molecule has 0 bridgehead atoms. The zero-order valence-corrected chi connectivity index (χ0v) is 9.70. The Hall–Kier alpha value is -1.88. The topological polar surface area (TPSA) is 94.8 Å². The number of rotatable bonds is 2. The van der Waals surface area contributed by atoms with Crippen molar-refractivity contribution in [1.82, 2.24) is 0 Å². The monoisotopic (exact) mass is 240 g/mol. The number of carboxylic acids is 2. The lowest BCUT2D eigenvalue weighted by Crippen LogP contribution is -2.29. The van der Waals surface area contributed by atoms with Crippen molar-refractivity contribution in [3.63, 3.8) is 0 Å². The highest BCUT2D eigenvalue weighted by atomic mass is 16.4. The molecule has 94 valence electrons. The highest BCUT2D eigenvalue weighted by Gasteiger charge is 2.23. The number of carbonyl (C=O) groups is 2. The van der Waals surface area contributed by atoms with Crippen LogP contribution in [0.5, 0.6) is 0 Å². The Morgan fingerprint density at radius 1 is 1.18 bits per heavy atom. The van der Waals surface area contributed by atoms with Crippen LogP contribution < -0.4 is 0 Å². The molecule has 1 rings (SSSR count). The normalized spacial score (nSPS) is 26.4. The van der Waals surface area contributed by atoms with Crippen LogP contribution in [0.4, 0.5) is 0 Å². The van der Waals surface area contributed by atoms with E-state index in [1.807, 2.05) is 38.2 Å². The number of aliphatic hydroxyl groups is 1. The van der Waals surface area contributed by atoms with Crippen LogP contribution in [-0.4, -0.2) is 32.9 Å². The van der Waals surface area contributed by atoms with E-state index in [4.69, 9.17) is 10.2 Å². The average molecular weight is 240 g/mol. The van der Waals surface area contributed by atoms with Gasteiger partial charge in [-0.25, -0.2) is 9.59 Å². The number of allylic oxidation sites excluding steroid dienone is 2. The Morgan fingerprint density at radius 2 is 1.65 bits per heavy atom.